The molecule has 4 atom stereocenters. The van der Waals surface area contributed by atoms with Crippen LogP contribution in [0.25, 0.3) is 0 Å². The highest BCUT2D eigenvalue weighted by Gasteiger charge is 2.38. The van der Waals surface area contributed by atoms with Gasteiger partial charge in [0.2, 0.25) is 11.8 Å². The van der Waals surface area contributed by atoms with Crippen LogP contribution in [0, 0.1) is 13.8 Å². The van der Waals surface area contributed by atoms with Gasteiger partial charge in [0, 0.05) is 35.8 Å². The van der Waals surface area contributed by atoms with Crippen LogP contribution >= 0.6 is 0 Å². The average molecular weight is 687 g/mol. The van der Waals surface area contributed by atoms with Crippen LogP contribution in [-0.2, 0) is 38.0 Å². The van der Waals surface area contributed by atoms with Crippen LogP contribution in [0.3, 0.4) is 0 Å². The Morgan fingerprint density at radius 1 is 0.936 bits per heavy atom. The number of phenolic OH excluding ortho intramolecular Hbond substituents is 1. The van der Waals surface area contributed by atoms with Gasteiger partial charge in [-0.1, -0.05) is 30.3 Å². The summed E-state index contributed by atoms with van der Waals surface area (Å²) < 4.78 is 43.6. The number of carboxylic acids is 1. The van der Waals surface area contributed by atoms with E-state index in [4.69, 9.17) is 32.8 Å². The number of alkyl halides is 3. The number of aliphatic carboxylic acids is 1. The zero-order valence-electron chi connectivity index (χ0n) is 26.1. The van der Waals surface area contributed by atoms with E-state index in [9.17, 15) is 32.1 Å². The Hall–Kier alpha value is -4.87. The van der Waals surface area contributed by atoms with Gasteiger partial charge < -0.3 is 43.8 Å². The smallest absolute Gasteiger partial charge is 0.490 e. The van der Waals surface area contributed by atoms with Gasteiger partial charge in [0.15, 0.2) is 11.9 Å². The quantitative estimate of drug-likeness (QED) is 0.0980. The van der Waals surface area contributed by atoms with Gasteiger partial charge in [0.1, 0.15) is 17.8 Å². The molecule has 0 saturated carbocycles. The van der Waals surface area contributed by atoms with Gasteiger partial charge in [0.25, 0.3) is 0 Å². The number of carbonyl (C=O) groups excluding carboxylic acids is 2. The first kappa shape index (κ1) is 40.2. The molecule has 0 fully saturated rings. The molecule has 2 rings (SSSR count). The predicted octanol–water partition coefficient (Wildman–Crippen LogP) is 0.0811. The van der Waals surface area contributed by atoms with Gasteiger partial charge in [-0.25, -0.2) is 14.8 Å². The standard InChI is InChI=1S/C27H40N8O4S.C2HF3O2/c1-16-11-20(36)12-17(2)21(16)14-23(35-27(30)31)25(38)34-22(9-10-40(3)39)24(37)32-15-19(33-26(28)29)13-18-7-5-4-6-8-18;3-2(4,5)1(6)7/h4-8,11-12,19,22-23,36H,9-10,13-15H2,1-3H3,(H,32,37)(H,34,38)(H4,28,29,33)(H4,30,31,35);(H,6,7)/t19-,22+,23-,40?;/m0./s1. The topological polar surface area (TPSA) is 262 Å². The fourth-order valence-electron chi connectivity index (χ4n) is 4.29. The number of aliphatic imine (C=N–C) groups is 2. The lowest BCUT2D eigenvalue weighted by Crippen LogP contribution is -2.51. The van der Waals surface area contributed by atoms with Crippen molar-refractivity contribution in [1.29, 1.82) is 0 Å². The summed E-state index contributed by atoms with van der Waals surface area (Å²) in [6, 6.07) is 10.2. The molecule has 0 radical (unpaired) electrons. The number of halogens is 3. The number of rotatable bonds is 14. The molecular formula is C29H41F3N8O6S. The maximum Gasteiger partial charge on any atom is 0.490 e. The van der Waals surface area contributed by atoms with E-state index in [1.165, 1.54) is 6.26 Å². The summed E-state index contributed by atoms with van der Waals surface area (Å²) >= 11 is 0. The number of nitrogens with two attached hydrogens (primary N) is 4. The number of amides is 2. The number of phenols is 1. The molecule has 1 unspecified atom stereocenters. The minimum absolute atomic E-state index is 0.108. The molecule has 2 amide bonds. The second-order valence-corrected chi connectivity index (χ2v) is 12.0. The summed E-state index contributed by atoms with van der Waals surface area (Å²) in [7, 11) is -1.20. The van der Waals surface area contributed by atoms with E-state index in [1.54, 1.807) is 12.1 Å². The Balaban J connectivity index is 0.00000141. The van der Waals surface area contributed by atoms with E-state index >= 15 is 0 Å². The Labute approximate surface area is 272 Å². The number of nitrogens with one attached hydrogen (secondary N) is 2. The number of nitrogens with zero attached hydrogens (tertiary/aromatic N) is 2. The number of guanidine groups is 2. The van der Waals surface area contributed by atoms with Crippen molar-refractivity contribution in [3.63, 3.8) is 0 Å². The Morgan fingerprint density at radius 3 is 1.94 bits per heavy atom. The summed E-state index contributed by atoms with van der Waals surface area (Å²) in [4.78, 5) is 43.8. The number of hydrogen-bond donors (Lipinski definition) is 8. The molecule has 0 bridgehead atoms. The van der Waals surface area contributed by atoms with Crippen molar-refractivity contribution >= 4 is 40.5 Å². The molecule has 2 aromatic rings. The summed E-state index contributed by atoms with van der Waals surface area (Å²) in [6.45, 7) is 3.72. The molecular weight excluding hydrogens is 645 g/mol. The molecule has 0 aliphatic rings. The van der Waals surface area contributed by atoms with Gasteiger partial charge >= 0.3 is 12.1 Å². The van der Waals surface area contributed by atoms with Crippen LogP contribution in [0.1, 0.15) is 28.7 Å². The molecule has 14 nitrogen and oxygen atoms in total. The van der Waals surface area contributed by atoms with Gasteiger partial charge in [0.05, 0.1) is 6.04 Å². The first-order valence-corrected chi connectivity index (χ1v) is 15.7. The van der Waals surface area contributed by atoms with E-state index < -0.39 is 52.9 Å². The molecule has 0 saturated heterocycles. The van der Waals surface area contributed by atoms with Crippen LogP contribution in [0.2, 0.25) is 0 Å². The van der Waals surface area contributed by atoms with Crippen LogP contribution in [0.5, 0.6) is 5.75 Å². The third kappa shape index (κ3) is 15.8. The van der Waals surface area contributed by atoms with Crippen molar-refractivity contribution in [1.82, 2.24) is 10.6 Å². The van der Waals surface area contributed by atoms with Crippen molar-refractivity contribution in [2.24, 2.45) is 32.9 Å². The molecule has 12 N–H and O–H groups in total. The van der Waals surface area contributed by atoms with E-state index in [0.29, 0.717) is 6.42 Å². The SMILES string of the molecule is Cc1cc(O)cc(C)c1C[C@H](N=C(N)N)C(=O)N[C@H](CCS(C)=O)C(=O)NC[C@H](Cc1ccccc1)N=C(N)N.O=C(O)C(F)(F)F. The highest BCUT2D eigenvalue weighted by molar-refractivity contribution is 7.84. The van der Waals surface area contributed by atoms with E-state index in [-0.39, 0.29) is 42.8 Å². The number of carboxylic acid groups (broad SMARTS) is 1. The van der Waals surface area contributed by atoms with Crippen LogP contribution in [0.15, 0.2) is 52.4 Å². The van der Waals surface area contributed by atoms with Gasteiger partial charge in [-0.2, -0.15) is 13.2 Å². The zero-order chi connectivity index (χ0) is 35.9. The number of aryl methyl sites for hydroxylation is 2. The number of aromatic hydroxyl groups is 1. The summed E-state index contributed by atoms with van der Waals surface area (Å²) in [6.07, 6.45) is -2.82. The summed E-state index contributed by atoms with van der Waals surface area (Å²) in [5, 5.41) is 22.5. The lowest BCUT2D eigenvalue weighted by atomic mass is 9.95. The molecule has 2 aromatic carbocycles. The van der Waals surface area contributed by atoms with Crippen molar-refractivity contribution in [2.75, 3.05) is 18.6 Å². The predicted molar refractivity (Wildman–Crippen MR) is 173 cm³/mol. The first-order chi connectivity index (χ1) is 21.8. The minimum Gasteiger partial charge on any atom is -0.508 e. The largest absolute Gasteiger partial charge is 0.508 e. The molecule has 0 aliphatic heterocycles. The van der Waals surface area contributed by atoms with Crippen molar-refractivity contribution < 1.29 is 42.0 Å². The molecule has 18 heteroatoms. The Kier molecular flexibility index (Phi) is 16.2. The highest BCUT2D eigenvalue weighted by Crippen LogP contribution is 2.23. The maximum absolute atomic E-state index is 13.4. The summed E-state index contributed by atoms with van der Waals surface area (Å²) in [5.41, 5.74) is 25.7. The molecule has 0 aliphatic carbocycles. The molecule has 0 heterocycles. The van der Waals surface area contributed by atoms with Crippen molar-refractivity contribution in [3.05, 3.63) is 64.7 Å². The Bertz CT molecular complexity index is 1430. The van der Waals surface area contributed by atoms with Crippen LogP contribution in [-0.4, -0.2) is 87.0 Å². The zero-order valence-corrected chi connectivity index (χ0v) is 26.9. The fourth-order valence-corrected chi connectivity index (χ4v) is 4.85. The van der Waals surface area contributed by atoms with Gasteiger partial charge in [-0.3, -0.25) is 13.8 Å². The second-order valence-electron chi connectivity index (χ2n) is 10.4. The number of benzene rings is 2. The third-order valence-electron chi connectivity index (χ3n) is 6.41. The number of carbonyl (C=O) groups is 3. The van der Waals surface area contributed by atoms with Crippen molar-refractivity contribution in [2.45, 2.75) is 57.4 Å². The molecule has 0 aromatic heterocycles. The van der Waals surface area contributed by atoms with E-state index in [1.807, 2.05) is 44.2 Å². The molecule has 47 heavy (non-hydrogen) atoms. The molecule has 0 spiro atoms. The van der Waals surface area contributed by atoms with Gasteiger partial charge in [-0.05, 0) is 61.1 Å². The van der Waals surface area contributed by atoms with E-state index in [0.717, 1.165) is 22.3 Å². The number of hydrogen-bond acceptors (Lipinski definition) is 7. The van der Waals surface area contributed by atoms with E-state index in [2.05, 4.69) is 20.6 Å². The third-order valence-corrected chi connectivity index (χ3v) is 7.22. The lowest BCUT2D eigenvalue weighted by molar-refractivity contribution is -0.192. The minimum atomic E-state index is -5.08. The maximum atomic E-state index is 13.4. The van der Waals surface area contributed by atoms with Crippen LogP contribution < -0.4 is 33.6 Å². The Morgan fingerprint density at radius 2 is 1.47 bits per heavy atom. The average Bonchev–Trinajstić information content (AvgIpc) is 2.94. The highest BCUT2D eigenvalue weighted by atomic mass is 32.2. The monoisotopic (exact) mass is 686 g/mol. The second kappa shape index (κ2) is 18.9. The fraction of sp³-hybridized carbons (Fsp3) is 0.414. The normalized spacial score (nSPS) is 13.4. The first-order valence-electron chi connectivity index (χ1n) is 14.0. The van der Waals surface area contributed by atoms with Gasteiger partial charge in [-0.15, -0.1) is 0 Å². The van der Waals surface area contributed by atoms with Crippen molar-refractivity contribution in [3.8, 4) is 5.75 Å². The summed E-state index contributed by atoms with van der Waals surface area (Å²) in [5.74, 6) is -3.92. The van der Waals surface area contributed by atoms with Crippen LogP contribution in [0.4, 0.5) is 13.2 Å². The molecule has 260 valence electrons. The lowest BCUT2D eigenvalue weighted by Gasteiger charge is -2.23.